The summed E-state index contributed by atoms with van der Waals surface area (Å²) >= 11 is 0. The van der Waals surface area contributed by atoms with Crippen LogP contribution < -0.4 is 4.90 Å². The molecule has 2 aliphatic rings. The highest BCUT2D eigenvalue weighted by Gasteiger charge is 2.33. The Hall–Kier alpha value is -2.80. The van der Waals surface area contributed by atoms with E-state index in [1.807, 2.05) is 24.3 Å². The molecule has 0 aliphatic carbocycles. The van der Waals surface area contributed by atoms with E-state index < -0.39 is 0 Å². The van der Waals surface area contributed by atoms with Crippen LogP contribution in [0.2, 0.25) is 0 Å². The molecule has 4 nitrogen and oxygen atoms in total. The summed E-state index contributed by atoms with van der Waals surface area (Å²) in [5.41, 5.74) is 2.24. The fourth-order valence-corrected chi connectivity index (χ4v) is 3.89. The Labute approximate surface area is 147 Å². The van der Waals surface area contributed by atoms with Crippen LogP contribution in [0, 0.1) is 18.3 Å². The van der Waals surface area contributed by atoms with E-state index in [9.17, 15) is 9.59 Å². The number of anilines is 1. The summed E-state index contributed by atoms with van der Waals surface area (Å²) in [5.74, 6) is 2.55. The van der Waals surface area contributed by atoms with Crippen LogP contribution in [0.5, 0.6) is 0 Å². The summed E-state index contributed by atoms with van der Waals surface area (Å²) < 4.78 is 0. The van der Waals surface area contributed by atoms with Gasteiger partial charge in [-0.1, -0.05) is 25.0 Å². The van der Waals surface area contributed by atoms with Crippen LogP contribution in [0.4, 0.5) is 5.69 Å². The lowest BCUT2D eigenvalue weighted by atomic mass is 9.91. The first-order valence-corrected chi connectivity index (χ1v) is 8.72. The number of imide groups is 1. The number of terminal acetylenes is 1. The Morgan fingerprint density at radius 2 is 1.76 bits per heavy atom. The van der Waals surface area contributed by atoms with Gasteiger partial charge in [-0.2, -0.15) is 0 Å². The molecule has 0 radical (unpaired) electrons. The number of carbonyl (C=O) groups excluding carboxylic acids is 2. The maximum Gasteiger partial charge on any atom is 0.262 e. The van der Waals surface area contributed by atoms with Crippen molar-refractivity contribution in [2.75, 3.05) is 24.5 Å². The van der Waals surface area contributed by atoms with Gasteiger partial charge in [0.05, 0.1) is 6.54 Å². The summed E-state index contributed by atoms with van der Waals surface area (Å²) in [5, 5.41) is 1.74. The third-order valence-corrected chi connectivity index (χ3v) is 5.34. The fraction of sp³-hybridized carbons (Fsp3) is 0.333. The maximum absolute atomic E-state index is 12.7. The van der Waals surface area contributed by atoms with Crippen LogP contribution in [0.15, 0.2) is 30.3 Å². The van der Waals surface area contributed by atoms with Crippen molar-refractivity contribution in [3.8, 4) is 12.3 Å². The molecule has 2 aromatic carbocycles. The van der Waals surface area contributed by atoms with Gasteiger partial charge in [0.25, 0.3) is 11.8 Å². The lowest BCUT2D eigenvalue weighted by Gasteiger charge is -2.34. The van der Waals surface area contributed by atoms with Gasteiger partial charge < -0.3 is 4.90 Å². The van der Waals surface area contributed by atoms with Crippen LogP contribution in [-0.2, 0) is 0 Å². The van der Waals surface area contributed by atoms with Crippen molar-refractivity contribution in [1.82, 2.24) is 4.90 Å². The van der Waals surface area contributed by atoms with Gasteiger partial charge in [-0.3, -0.25) is 14.5 Å². The molecule has 0 N–H and O–H groups in total. The summed E-state index contributed by atoms with van der Waals surface area (Å²) in [7, 11) is 0. The zero-order valence-electron chi connectivity index (χ0n) is 14.3. The molecule has 25 heavy (non-hydrogen) atoms. The van der Waals surface area contributed by atoms with E-state index in [4.69, 9.17) is 6.42 Å². The lowest BCUT2D eigenvalue weighted by Crippen LogP contribution is -2.40. The predicted molar refractivity (Wildman–Crippen MR) is 98.8 cm³/mol. The van der Waals surface area contributed by atoms with E-state index in [1.165, 1.54) is 0 Å². The summed E-state index contributed by atoms with van der Waals surface area (Å²) in [6, 6.07) is 9.54. The van der Waals surface area contributed by atoms with E-state index in [0.717, 1.165) is 53.2 Å². The number of piperidine rings is 1. The quantitative estimate of drug-likeness (QED) is 0.626. The second kappa shape index (κ2) is 5.93. The van der Waals surface area contributed by atoms with Crippen LogP contribution in [0.25, 0.3) is 10.8 Å². The zero-order valence-corrected chi connectivity index (χ0v) is 14.3. The third kappa shape index (κ3) is 2.39. The molecule has 0 atom stereocenters. The minimum absolute atomic E-state index is 0.000735. The van der Waals surface area contributed by atoms with E-state index in [1.54, 1.807) is 6.07 Å². The highest BCUT2D eigenvalue weighted by molar-refractivity contribution is 6.26. The molecular weight excluding hydrogens is 312 g/mol. The monoisotopic (exact) mass is 332 g/mol. The van der Waals surface area contributed by atoms with Gasteiger partial charge in [-0.05, 0) is 37.0 Å². The number of amides is 2. The minimum atomic E-state index is -0.300. The molecule has 2 aliphatic heterocycles. The minimum Gasteiger partial charge on any atom is -0.371 e. The molecule has 0 aromatic heterocycles. The second-order valence-corrected chi connectivity index (χ2v) is 6.93. The van der Waals surface area contributed by atoms with Gasteiger partial charge in [-0.15, -0.1) is 6.42 Å². The van der Waals surface area contributed by atoms with Crippen molar-refractivity contribution >= 4 is 28.3 Å². The molecule has 0 unspecified atom stereocenters. The zero-order chi connectivity index (χ0) is 17.6. The van der Waals surface area contributed by atoms with E-state index in [2.05, 4.69) is 17.7 Å². The molecular formula is C21H20N2O2. The predicted octanol–water partition coefficient (Wildman–Crippen LogP) is 3.31. The molecule has 0 bridgehead atoms. The Kier molecular flexibility index (Phi) is 3.73. The van der Waals surface area contributed by atoms with Gasteiger partial charge in [0.2, 0.25) is 0 Å². The molecule has 2 aromatic rings. The van der Waals surface area contributed by atoms with Gasteiger partial charge in [0.1, 0.15) is 0 Å². The van der Waals surface area contributed by atoms with Crippen molar-refractivity contribution in [1.29, 1.82) is 0 Å². The van der Waals surface area contributed by atoms with Crippen molar-refractivity contribution in [2.45, 2.75) is 19.8 Å². The number of benzene rings is 2. The third-order valence-electron chi connectivity index (χ3n) is 5.34. The van der Waals surface area contributed by atoms with Gasteiger partial charge in [0, 0.05) is 40.7 Å². The summed E-state index contributed by atoms with van der Waals surface area (Å²) in [4.78, 5) is 29.0. The van der Waals surface area contributed by atoms with Crippen molar-refractivity contribution in [3.63, 3.8) is 0 Å². The van der Waals surface area contributed by atoms with Crippen LogP contribution in [0.1, 0.15) is 40.5 Å². The highest BCUT2D eigenvalue weighted by Crippen LogP contribution is 2.37. The summed E-state index contributed by atoms with van der Waals surface area (Å²) in [6.45, 7) is 4.29. The Balaban J connectivity index is 1.87. The van der Waals surface area contributed by atoms with E-state index in [0.29, 0.717) is 11.1 Å². The lowest BCUT2D eigenvalue weighted by molar-refractivity contribution is 0.0632. The first-order chi connectivity index (χ1) is 12.1. The first kappa shape index (κ1) is 15.7. The SMILES string of the molecule is C#CCN1C(=O)c2cccc3c(N4CCC(C)CC4)ccc(c23)C1=O. The topological polar surface area (TPSA) is 40.6 Å². The van der Waals surface area contributed by atoms with Gasteiger partial charge in [-0.25, -0.2) is 0 Å². The Morgan fingerprint density at radius 1 is 1.08 bits per heavy atom. The average Bonchev–Trinajstić information content (AvgIpc) is 2.63. The standard InChI is InChI=1S/C21H20N2O2/c1-3-11-23-20(24)16-6-4-5-15-18(22-12-9-14(2)10-13-22)8-7-17(19(15)16)21(23)25/h1,4-8,14H,9-13H2,2H3. The maximum atomic E-state index is 12.7. The molecule has 4 heteroatoms. The highest BCUT2D eigenvalue weighted by atomic mass is 16.2. The average molecular weight is 332 g/mol. The first-order valence-electron chi connectivity index (χ1n) is 8.72. The number of rotatable bonds is 2. The molecule has 2 heterocycles. The summed E-state index contributed by atoms with van der Waals surface area (Å²) in [6.07, 6.45) is 7.66. The normalized spacial score (nSPS) is 17.9. The van der Waals surface area contributed by atoms with Gasteiger partial charge in [0.15, 0.2) is 0 Å². The van der Waals surface area contributed by atoms with Crippen molar-refractivity contribution < 1.29 is 9.59 Å². The smallest absolute Gasteiger partial charge is 0.262 e. The van der Waals surface area contributed by atoms with E-state index in [-0.39, 0.29) is 18.4 Å². The molecule has 0 saturated carbocycles. The largest absolute Gasteiger partial charge is 0.371 e. The number of hydrogen-bond donors (Lipinski definition) is 0. The molecule has 4 rings (SSSR count). The Bertz CT molecular complexity index is 895. The van der Waals surface area contributed by atoms with Crippen LogP contribution in [-0.4, -0.2) is 36.3 Å². The molecule has 0 spiro atoms. The van der Waals surface area contributed by atoms with Gasteiger partial charge >= 0.3 is 0 Å². The second-order valence-electron chi connectivity index (χ2n) is 6.93. The van der Waals surface area contributed by atoms with Crippen LogP contribution in [0.3, 0.4) is 0 Å². The van der Waals surface area contributed by atoms with Crippen LogP contribution >= 0.6 is 0 Å². The fourth-order valence-electron chi connectivity index (χ4n) is 3.89. The molecule has 2 amide bonds. The molecule has 1 fully saturated rings. The number of nitrogens with zero attached hydrogens (tertiary/aromatic N) is 2. The van der Waals surface area contributed by atoms with E-state index >= 15 is 0 Å². The molecule has 1 saturated heterocycles. The van der Waals surface area contributed by atoms with Crippen molar-refractivity contribution in [3.05, 3.63) is 41.5 Å². The number of hydrogen-bond acceptors (Lipinski definition) is 3. The number of carbonyl (C=O) groups is 2. The van der Waals surface area contributed by atoms with Crippen molar-refractivity contribution in [2.24, 2.45) is 5.92 Å². The Morgan fingerprint density at radius 3 is 2.44 bits per heavy atom. The molecule has 126 valence electrons.